The number of halogens is 1. The van der Waals surface area contributed by atoms with Crippen molar-refractivity contribution in [3.05, 3.63) is 60.4 Å². The molecule has 2 nitrogen and oxygen atoms in total. The molecule has 3 heteroatoms. The molecule has 0 spiro atoms. The van der Waals surface area contributed by atoms with E-state index in [1.165, 1.54) is 11.3 Å². The highest BCUT2D eigenvalue weighted by molar-refractivity contribution is 5.60. The van der Waals surface area contributed by atoms with Gasteiger partial charge in [0.15, 0.2) is 18.6 Å². The molecular formula is C17H21ClN2. The summed E-state index contributed by atoms with van der Waals surface area (Å²) in [5.41, 5.74) is 2.50. The fourth-order valence-corrected chi connectivity index (χ4v) is 2.07. The van der Waals surface area contributed by atoms with E-state index in [0.717, 1.165) is 13.1 Å². The summed E-state index contributed by atoms with van der Waals surface area (Å²) in [4.78, 5) is 2.35. The predicted octanol–water partition coefficient (Wildman–Crippen LogP) is 0.452. The van der Waals surface area contributed by atoms with Crippen LogP contribution in [0.25, 0.3) is 12.3 Å². The Hall–Kier alpha value is -1.80. The molecule has 0 unspecified atom stereocenters. The van der Waals surface area contributed by atoms with Crippen LogP contribution in [0.3, 0.4) is 0 Å². The van der Waals surface area contributed by atoms with Gasteiger partial charge in [-0.15, -0.1) is 0 Å². The van der Waals surface area contributed by atoms with E-state index in [9.17, 15) is 0 Å². The highest BCUT2D eigenvalue weighted by atomic mass is 35.5. The van der Waals surface area contributed by atoms with Gasteiger partial charge in [-0.25, -0.2) is 0 Å². The zero-order chi connectivity index (χ0) is 13.5. The highest BCUT2D eigenvalue weighted by Crippen LogP contribution is 2.15. The molecule has 0 N–H and O–H groups in total. The van der Waals surface area contributed by atoms with Crippen LogP contribution in [0.1, 0.15) is 19.4 Å². The Balaban J connectivity index is 0.00000200. The SMILES string of the molecule is CCN(CC)c1ccc(/C=C/[n+]2ccccc2)cc1.[Cl-]. The highest BCUT2D eigenvalue weighted by Gasteiger charge is 2.00. The lowest BCUT2D eigenvalue weighted by molar-refractivity contribution is -0.567. The van der Waals surface area contributed by atoms with E-state index in [4.69, 9.17) is 0 Å². The first kappa shape index (κ1) is 16.3. The second kappa shape index (κ2) is 8.39. The Morgan fingerprint density at radius 1 is 0.950 bits per heavy atom. The molecule has 0 amide bonds. The topological polar surface area (TPSA) is 7.12 Å². The Morgan fingerprint density at radius 2 is 1.55 bits per heavy atom. The third kappa shape index (κ3) is 4.39. The first-order chi connectivity index (χ1) is 9.33. The van der Waals surface area contributed by atoms with E-state index in [1.807, 2.05) is 35.2 Å². The van der Waals surface area contributed by atoms with E-state index in [0.29, 0.717) is 0 Å². The third-order valence-electron chi connectivity index (χ3n) is 3.20. The van der Waals surface area contributed by atoms with E-state index >= 15 is 0 Å². The minimum Gasteiger partial charge on any atom is -1.00 e. The van der Waals surface area contributed by atoms with Crippen molar-refractivity contribution < 1.29 is 17.0 Å². The minimum atomic E-state index is 0. The molecule has 0 aliphatic heterocycles. The summed E-state index contributed by atoms with van der Waals surface area (Å²) in [6, 6.07) is 14.7. The van der Waals surface area contributed by atoms with Gasteiger partial charge in [0.05, 0.1) is 0 Å². The Kier molecular flexibility index (Phi) is 6.82. The summed E-state index contributed by atoms with van der Waals surface area (Å²) in [6.45, 7) is 6.46. The number of benzene rings is 1. The van der Waals surface area contributed by atoms with Gasteiger partial charge < -0.3 is 17.3 Å². The Bertz CT molecular complexity index is 516. The smallest absolute Gasteiger partial charge is 0.175 e. The van der Waals surface area contributed by atoms with Gasteiger partial charge in [-0.3, -0.25) is 0 Å². The van der Waals surface area contributed by atoms with Gasteiger partial charge in [-0.05, 0) is 31.5 Å². The summed E-state index contributed by atoms with van der Waals surface area (Å²) in [5, 5.41) is 0. The number of hydrogen-bond acceptors (Lipinski definition) is 1. The molecule has 0 saturated heterocycles. The van der Waals surface area contributed by atoms with Crippen LogP contribution in [-0.2, 0) is 0 Å². The fraction of sp³-hybridized carbons (Fsp3) is 0.235. The van der Waals surface area contributed by atoms with Crippen LogP contribution in [0.2, 0.25) is 0 Å². The summed E-state index contributed by atoms with van der Waals surface area (Å²) in [6.07, 6.45) is 8.24. The number of nitrogens with zero attached hydrogens (tertiary/aromatic N) is 2. The van der Waals surface area contributed by atoms with Crippen molar-refractivity contribution in [2.24, 2.45) is 0 Å². The van der Waals surface area contributed by atoms with Gasteiger partial charge in [-0.1, -0.05) is 18.2 Å². The molecule has 2 rings (SSSR count). The third-order valence-corrected chi connectivity index (χ3v) is 3.20. The summed E-state index contributed by atoms with van der Waals surface area (Å²) >= 11 is 0. The lowest BCUT2D eigenvalue weighted by Crippen LogP contribution is -3.00. The first-order valence-corrected chi connectivity index (χ1v) is 6.82. The summed E-state index contributed by atoms with van der Waals surface area (Å²) < 4.78 is 2.04. The maximum Gasteiger partial charge on any atom is 0.175 e. The van der Waals surface area contributed by atoms with Crippen LogP contribution >= 0.6 is 0 Å². The molecule has 0 radical (unpaired) electrons. The van der Waals surface area contributed by atoms with Crippen molar-refractivity contribution in [2.45, 2.75) is 13.8 Å². The molecule has 1 aromatic carbocycles. The van der Waals surface area contributed by atoms with Crippen LogP contribution in [0.4, 0.5) is 5.69 Å². The van der Waals surface area contributed by atoms with Crippen LogP contribution in [-0.4, -0.2) is 13.1 Å². The molecular weight excluding hydrogens is 268 g/mol. The van der Waals surface area contributed by atoms with E-state index < -0.39 is 0 Å². The molecule has 1 aromatic heterocycles. The van der Waals surface area contributed by atoms with Crippen molar-refractivity contribution in [1.29, 1.82) is 0 Å². The normalized spacial score (nSPS) is 10.3. The van der Waals surface area contributed by atoms with Gasteiger partial charge in [0.2, 0.25) is 0 Å². The monoisotopic (exact) mass is 288 g/mol. The van der Waals surface area contributed by atoms with Gasteiger partial charge in [0, 0.05) is 37.0 Å². The van der Waals surface area contributed by atoms with Crippen LogP contribution in [0, 0.1) is 0 Å². The number of pyridine rings is 1. The van der Waals surface area contributed by atoms with Crippen LogP contribution < -0.4 is 21.9 Å². The van der Waals surface area contributed by atoms with Gasteiger partial charge in [-0.2, -0.15) is 4.57 Å². The molecule has 0 bridgehead atoms. The van der Waals surface area contributed by atoms with Gasteiger partial charge in [0.1, 0.15) is 0 Å². The van der Waals surface area contributed by atoms with E-state index in [-0.39, 0.29) is 12.4 Å². The molecule has 0 fully saturated rings. The largest absolute Gasteiger partial charge is 1.00 e. The lowest BCUT2D eigenvalue weighted by Gasteiger charge is -2.20. The summed E-state index contributed by atoms with van der Waals surface area (Å²) in [5.74, 6) is 0. The van der Waals surface area contributed by atoms with Crippen molar-refractivity contribution in [3.63, 3.8) is 0 Å². The second-order valence-electron chi connectivity index (χ2n) is 4.40. The average Bonchev–Trinajstić information content (AvgIpc) is 2.49. The zero-order valence-corrected chi connectivity index (χ0v) is 12.8. The molecule has 0 aliphatic carbocycles. The standard InChI is InChI=1S/C17H21N2.ClH/c1-3-19(4-2)17-10-8-16(9-11-17)12-15-18-13-6-5-7-14-18;/h5-15H,3-4H2,1-2H3;1H/q+1;/p-1/b15-12+;. The number of rotatable bonds is 5. The fourth-order valence-electron chi connectivity index (χ4n) is 2.07. The van der Waals surface area contributed by atoms with Crippen molar-refractivity contribution >= 4 is 18.0 Å². The predicted molar refractivity (Wildman–Crippen MR) is 81.9 cm³/mol. The second-order valence-corrected chi connectivity index (χ2v) is 4.40. The van der Waals surface area contributed by atoms with Crippen LogP contribution in [0.5, 0.6) is 0 Å². The molecule has 0 saturated carbocycles. The van der Waals surface area contributed by atoms with Crippen molar-refractivity contribution in [3.8, 4) is 0 Å². The number of hydrogen-bond donors (Lipinski definition) is 0. The number of aromatic nitrogens is 1. The quantitative estimate of drug-likeness (QED) is 0.725. The Morgan fingerprint density at radius 3 is 2.10 bits per heavy atom. The van der Waals surface area contributed by atoms with Gasteiger partial charge in [0.25, 0.3) is 0 Å². The molecule has 2 aromatic rings. The Labute approximate surface area is 127 Å². The molecule has 0 aliphatic rings. The maximum atomic E-state index is 2.35. The molecule has 1 heterocycles. The molecule has 0 atom stereocenters. The van der Waals surface area contributed by atoms with Crippen molar-refractivity contribution in [2.75, 3.05) is 18.0 Å². The van der Waals surface area contributed by atoms with Crippen molar-refractivity contribution in [1.82, 2.24) is 0 Å². The molecule has 20 heavy (non-hydrogen) atoms. The first-order valence-electron chi connectivity index (χ1n) is 6.82. The van der Waals surface area contributed by atoms with E-state index in [2.05, 4.69) is 55.3 Å². The van der Waals surface area contributed by atoms with E-state index in [1.54, 1.807) is 0 Å². The zero-order valence-electron chi connectivity index (χ0n) is 12.0. The lowest BCUT2D eigenvalue weighted by atomic mass is 10.2. The number of anilines is 1. The molecule has 106 valence electrons. The average molecular weight is 289 g/mol. The summed E-state index contributed by atoms with van der Waals surface area (Å²) in [7, 11) is 0. The van der Waals surface area contributed by atoms with Gasteiger partial charge >= 0.3 is 0 Å². The minimum absolute atomic E-state index is 0. The van der Waals surface area contributed by atoms with Crippen LogP contribution in [0.15, 0.2) is 54.9 Å². The maximum absolute atomic E-state index is 2.35.